The Hall–Kier alpha value is -5.18. The molecule has 2 aromatic rings. The van der Waals surface area contributed by atoms with Crippen molar-refractivity contribution < 1.29 is 41.9 Å². The lowest BCUT2D eigenvalue weighted by atomic mass is 9.85. The van der Waals surface area contributed by atoms with Crippen LogP contribution in [-0.2, 0) is 34.0 Å². The standard InChI is InChI=1S/C38H43N5O9S/c1-5-22-20-38(22,35(46)42-53(48,49)25-13-14-25)40-33(44)30-19-24-21-43(30)34(45)32(37(2,3)4)39-36(47)51-17-9-8-16-50-23-12-15-27-26-10-6-7-11-28(26)31(41-52-24)29(27)18-23/h5-12,15,18,22,24-25,30,32H,1,13-14,16-17,19-21H2,2-4H3,(H,39,47)(H,40,44)(H,42,46)/b9-8+,41-31-/t22-,24-,30+,32-,38-/m1/s1. The predicted molar refractivity (Wildman–Crippen MR) is 194 cm³/mol. The number of hydrogen-bond donors (Lipinski definition) is 3. The maximum atomic E-state index is 14.4. The zero-order chi connectivity index (χ0) is 37.7. The van der Waals surface area contributed by atoms with Gasteiger partial charge in [0.25, 0.3) is 5.91 Å². The van der Waals surface area contributed by atoms with Crippen LogP contribution in [0.3, 0.4) is 0 Å². The van der Waals surface area contributed by atoms with Crippen LogP contribution in [0.25, 0.3) is 11.1 Å². The van der Waals surface area contributed by atoms with E-state index in [4.69, 9.17) is 14.3 Å². The SMILES string of the molecule is C=C[C@@H]1C[C@]1(NC(=O)[C@@H]1C[C@@H]2CN1C(=O)[C@H](C(C)(C)C)NC(=O)OC/C=C/COc1ccc3c(c1)/C(=N\O2)c1ccccc1-3)C(=O)NS(=O)(=O)C1CC1. The molecular weight excluding hydrogens is 703 g/mol. The summed E-state index contributed by atoms with van der Waals surface area (Å²) >= 11 is 0. The largest absolute Gasteiger partial charge is 0.490 e. The van der Waals surface area contributed by atoms with Gasteiger partial charge in [0.15, 0.2) is 0 Å². The number of hydrogen-bond acceptors (Lipinski definition) is 10. The normalized spacial score (nSPS) is 28.5. The van der Waals surface area contributed by atoms with Gasteiger partial charge in [0.2, 0.25) is 21.8 Å². The topological polar surface area (TPSA) is 182 Å². The second-order valence-electron chi connectivity index (χ2n) is 15.2. The number of amides is 4. The Morgan fingerprint density at radius 3 is 2.40 bits per heavy atom. The smallest absolute Gasteiger partial charge is 0.408 e. The summed E-state index contributed by atoms with van der Waals surface area (Å²) in [7, 11) is -3.90. The number of carbonyl (C=O) groups excluding carboxylic acids is 4. The maximum Gasteiger partial charge on any atom is 0.408 e. The highest BCUT2D eigenvalue weighted by Gasteiger charge is 2.62. The van der Waals surface area contributed by atoms with Crippen LogP contribution in [0.4, 0.5) is 4.79 Å². The molecule has 2 saturated carbocycles. The molecule has 3 aliphatic carbocycles. The molecule has 0 radical (unpaired) electrons. The fourth-order valence-corrected chi connectivity index (χ4v) is 8.47. The Balaban J connectivity index is 1.22. The lowest BCUT2D eigenvalue weighted by molar-refractivity contribution is -0.143. The lowest BCUT2D eigenvalue weighted by Crippen LogP contribution is -2.60. The lowest BCUT2D eigenvalue weighted by Gasteiger charge is -2.35. The van der Waals surface area contributed by atoms with E-state index in [2.05, 4.69) is 27.1 Å². The Kier molecular flexibility index (Phi) is 9.33. The summed E-state index contributed by atoms with van der Waals surface area (Å²) in [5.74, 6) is -2.03. The van der Waals surface area contributed by atoms with Gasteiger partial charge in [0.05, 0.1) is 11.8 Å². The number of ether oxygens (including phenoxy) is 2. The van der Waals surface area contributed by atoms with Crippen molar-refractivity contribution in [3.05, 3.63) is 78.4 Å². The van der Waals surface area contributed by atoms with Crippen molar-refractivity contribution >= 4 is 39.5 Å². The molecule has 4 amide bonds. The highest BCUT2D eigenvalue weighted by atomic mass is 32.2. The molecule has 2 aromatic carbocycles. The van der Waals surface area contributed by atoms with Crippen molar-refractivity contribution in [2.45, 2.75) is 75.4 Å². The molecule has 53 heavy (non-hydrogen) atoms. The van der Waals surface area contributed by atoms with E-state index < -0.39 is 74.1 Å². The number of alkyl carbamates (subject to hydrolysis) is 1. The summed E-state index contributed by atoms with van der Waals surface area (Å²) in [6, 6.07) is 11.2. The first kappa shape index (κ1) is 36.2. The summed E-state index contributed by atoms with van der Waals surface area (Å²) < 4.78 is 38.8. The van der Waals surface area contributed by atoms with Crippen molar-refractivity contribution in [1.29, 1.82) is 0 Å². The number of sulfonamides is 1. The third-order valence-corrected chi connectivity index (χ3v) is 12.1. The van der Waals surface area contributed by atoms with Gasteiger partial charge in [-0.3, -0.25) is 19.1 Å². The highest BCUT2D eigenvalue weighted by molar-refractivity contribution is 7.91. The number of cyclic esters (lactones) is 1. The van der Waals surface area contributed by atoms with E-state index in [1.165, 1.54) is 11.0 Å². The average Bonchev–Trinajstić information content (AvgIpc) is 4.03. The van der Waals surface area contributed by atoms with E-state index in [0.29, 0.717) is 24.3 Å². The van der Waals surface area contributed by atoms with Crippen LogP contribution in [0, 0.1) is 11.3 Å². The van der Waals surface area contributed by atoms with Crippen molar-refractivity contribution in [3.8, 4) is 16.9 Å². The molecule has 5 aliphatic rings. The van der Waals surface area contributed by atoms with Crippen LogP contribution in [-0.4, -0.2) is 91.6 Å². The number of rotatable bonds is 6. The number of nitrogens with zero attached hydrogens (tertiary/aromatic N) is 2. The molecular formula is C38H43N5O9S. The van der Waals surface area contributed by atoms with E-state index in [9.17, 15) is 27.6 Å². The van der Waals surface area contributed by atoms with Crippen molar-refractivity contribution in [2.75, 3.05) is 19.8 Å². The molecule has 1 saturated heterocycles. The average molecular weight is 746 g/mol. The van der Waals surface area contributed by atoms with E-state index in [1.54, 1.807) is 32.9 Å². The third kappa shape index (κ3) is 7.13. The highest BCUT2D eigenvalue weighted by Crippen LogP contribution is 2.46. The first-order chi connectivity index (χ1) is 25.2. The number of fused-ring (bicyclic) bond motifs is 6. The van der Waals surface area contributed by atoms with Gasteiger partial charge in [-0.05, 0) is 66.2 Å². The Labute approximate surface area is 308 Å². The zero-order valence-corrected chi connectivity index (χ0v) is 30.6. The summed E-state index contributed by atoms with van der Waals surface area (Å²) in [6.07, 6.45) is 4.29. The number of carbonyl (C=O) groups is 4. The zero-order valence-electron chi connectivity index (χ0n) is 29.8. The van der Waals surface area contributed by atoms with Gasteiger partial charge in [-0.2, -0.15) is 0 Å². The van der Waals surface area contributed by atoms with E-state index in [1.807, 2.05) is 42.5 Å². The van der Waals surface area contributed by atoms with Gasteiger partial charge in [0.1, 0.15) is 48.4 Å². The molecule has 0 spiro atoms. The van der Waals surface area contributed by atoms with E-state index in [-0.39, 0.29) is 32.6 Å². The van der Waals surface area contributed by atoms with Gasteiger partial charge in [-0.15, -0.1) is 6.58 Å². The fraction of sp³-hybridized carbons (Fsp3) is 0.447. The van der Waals surface area contributed by atoms with Crippen LogP contribution in [0.2, 0.25) is 0 Å². The Morgan fingerprint density at radius 2 is 1.72 bits per heavy atom. The summed E-state index contributed by atoms with van der Waals surface area (Å²) in [5.41, 5.74) is 1.72. The second-order valence-corrected chi connectivity index (χ2v) is 17.1. The van der Waals surface area contributed by atoms with Crippen molar-refractivity contribution in [2.24, 2.45) is 16.5 Å². The van der Waals surface area contributed by atoms with Gasteiger partial charge in [-0.1, -0.05) is 56.3 Å². The van der Waals surface area contributed by atoms with Gasteiger partial charge < -0.3 is 29.8 Å². The summed E-state index contributed by atoms with van der Waals surface area (Å²) in [5, 5.41) is 9.42. The van der Waals surface area contributed by atoms with Crippen LogP contribution >= 0.6 is 0 Å². The minimum absolute atomic E-state index is 0.00502. The van der Waals surface area contributed by atoms with E-state index >= 15 is 0 Å². The van der Waals surface area contributed by atoms with Crippen molar-refractivity contribution in [1.82, 2.24) is 20.3 Å². The minimum atomic E-state index is -3.90. The third-order valence-electron chi connectivity index (χ3n) is 10.3. The van der Waals surface area contributed by atoms with Crippen LogP contribution in [0.1, 0.15) is 57.6 Å². The summed E-state index contributed by atoms with van der Waals surface area (Å²) in [6.45, 7) is 9.16. The van der Waals surface area contributed by atoms with Crippen LogP contribution in [0.15, 0.2) is 72.4 Å². The molecule has 3 N–H and O–H groups in total. The van der Waals surface area contributed by atoms with Crippen molar-refractivity contribution in [3.63, 3.8) is 0 Å². The molecule has 5 atom stereocenters. The minimum Gasteiger partial charge on any atom is -0.490 e. The molecule has 3 fully saturated rings. The Bertz CT molecular complexity index is 2040. The quantitative estimate of drug-likeness (QED) is 0.320. The first-order valence-corrected chi connectivity index (χ1v) is 19.3. The molecule has 2 heterocycles. The second kappa shape index (κ2) is 13.7. The van der Waals surface area contributed by atoms with Crippen LogP contribution < -0.4 is 20.1 Å². The van der Waals surface area contributed by atoms with Crippen LogP contribution in [0.5, 0.6) is 5.75 Å². The molecule has 0 aromatic heterocycles. The van der Waals surface area contributed by atoms with E-state index in [0.717, 1.165) is 22.3 Å². The molecule has 14 nitrogen and oxygen atoms in total. The molecule has 2 aliphatic heterocycles. The van der Waals surface area contributed by atoms with Gasteiger partial charge in [0, 0.05) is 23.5 Å². The fourth-order valence-electron chi connectivity index (χ4n) is 7.10. The number of nitrogens with one attached hydrogen (secondary N) is 3. The maximum absolute atomic E-state index is 14.4. The van der Waals surface area contributed by atoms with Gasteiger partial charge >= 0.3 is 6.09 Å². The molecule has 15 heteroatoms. The molecule has 280 valence electrons. The Morgan fingerprint density at radius 1 is 1.02 bits per heavy atom. The summed E-state index contributed by atoms with van der Waals surface area (Å²) in [4.78, 5) is 62.6. The first-order valence-electron chi connectivity index (χ1n) is 17.7. The molecule has 7 rings (SSSR count). The predicted octanol–water partition coefficient (Wildman–Crippen LogP) is 3.16. The number of benzene rings is 2. The van der Waals surface area contributed by atoms with Gasteiger partial charge in [-0.25, -0.2) is 13.2 Å². The molecule has 0 unspecified atom stereocenters. The monoisotopic (exact) mass is 745 g/mol. The molecule has 4 bridgehead atoms. The number of oxime groups is 1.